The molecular formula is C17H20O2. The summed E-state index contributed by atoms with van der Waals surface area (Å²) in [5.74, 6) is -0.732. The average Bonchev–Trinajstić information content (AvgIpc) is 2.38. The van der Waals surface area contributed by atoms with E-state index in [9.17, 15) is 9.90 Å². The molecule has 2 aromatic rings. The number of aryl methyl sites for hydroxylation is 2. The fraction of sp³-hybridized carbons (Fsp3) is 0.353. The van der Waals surface area contributed by atoms with Crippen LogP contribution in [0.3, 0.4) is 0 Å². The van der Waals surface area contributed by atoms with Crippen molar-refractivity contribution in [1.82, 2.24) is 0 Å². The number of carboxylic acids is 1. The van der Waals surface area contributed by atoms with E-state index in [2.05, 4.69) is 31.2 Å². The molecule has 0 spiro atoms. The Morgan fingerprint density at radius 1 is 1.11 bits per heavy atom. The first-order valence-corrected chi connectivity index (χ1v) is 6.62. The number of benzene rings is 2. The molecule has 0 aromatic heterocycles. The van der Waals surface area contributed by atoms with E-state index < -0.39 is 11.4 Å². The van der Waals surface area contributed by atoms with Gasteiger partial charge < -0.3 is 5.11 Å². The molecule has 19 heavy (non-hydrogen) atoms. The van der Waals surface area contributed by atoms with Crippen molar-refractivity contribution in [1.29, 1.82) is 0 Å². The van der Waals surface area contributed by atoms with Crippen LogP contribution in [-0.4, -0.2) is 11.1 Å². The zero-order valence-corrected chi connectivity index (χ0v) is 11.7. The maximum absolute atomic E-state index is 11.2. The van der Waals surface area contributed by atoms with Crippen molar-refractivity contribution in [3.63, 3.8) is 0 Å². The predicted molar refractivity (Wildman–Crippen MR) is 78.4 cm³/mol. The molecule has 0 aliphatic carbocycles. The Balaban J connectivity index is 2.32. The number of rotatable bonds is 4. The standard InChI is InChI=1S/C17H20O2/c1-12-8-9-13(10-11-17(2,3)16(18)19)15-7-5-4-6-14(12)15/h4-9H,10-11H2,1-3H3,(H,18,19). The van der Waals surface area contributed by atoms with E-state index in [1.807, 2.05) is 12.1 Å². The van der Waals surface area contributed by atoms with Gasteiger partial charge in [-0.2, -0.15) is 0 Å². The minimum atomic E-state index is -0.732. The highest BCUT2D eigenvalue weighted by molar-refractivity contribution is 5.88. The number of aliphatic carboxylic acids is 1. The first-order chi connectivity index (χ1) is 8.92. The Hall–Kier alpha value is -1.83. The summed E-state index contributed by atoms with van der Waals surface area (Å²) in [5, 5.41) is 11.7. The van der Waals surface area contributed by atoms with Gasteiger partial charge in [0.1, 0.15) is 0 Å². The van der Waals surface area contributed by atoms with Crippen molar-refractivity contribution in [2.45, 2.75) is 33.6 Å². The third kappa shape index (κ3) is 2.78. The third-order valence-corrected chi connectivity index (χ3v) is 3.83. The second kappa shape index (κ2) is 5.04. The van der Waals surface area contributed by atoms with Gasteiger partial charge in [-0.05, 0) is 55.5 Å². The first-order valence-electron chi connectivity index (χ1n) is 6.62. The lowest BCUT2D eigenvalue weighted by Crippen LogP contribution is -2.24. The lowest BCUT2D eigenvalue weighted by Gasteiger charge is -2.19. The van der Waals surface area contributed by atoms with E-state index in [1.54, 1.807) is 13.8 Å². The molecule has 100 valence electrons. The van der Waals surface area contributed by atoms with E-state index in [-0.39, 0.29) is 0 Å². The zero-order chi connectivity index (χ0) is 14.0. The maximum atomic E-state index is 11.2. The van der Waals surface area contributed by atoms with Gasteiger partial charge >= 0.3 is 5.97 Å². The minimum absolute atomic E-state index is 0.648. The molecule has 2 nitrogen and oxygen atoms in total. The lowest BCUT2D eigenvalue weighted by atomic mass is 9.85. The lowest BCUT2D eigenvalue weighted by molar-refractivity contribution is -0.147. The highest BCUT2D eigenvalue weighted by Gasteiger charge is 2.26. The van der Waals surface area contributed by atoms with Gasteiger partial charge in [-0.3, -0.25) is 4.79 Å². The van der Waals surface area contributed by atoms with Crippen molar-refractivity contribution in [2.75, 3.05) is 0 Å². The molecule has 1 N–H and O–H groups in total. The highest BCUT2D eigenvalue weighted by Crippen LogP contribution is 2.28. The summed E-state index contributed by atoms with van der Waals surface area (Å²) in [5.41, 5.74) is 1.82. The van der Waals surface area contributed by atoms with E-state index >= 15 is 0 Å². The number of carboxylic acid groups (broad SMARTS) is 1. The molecule has 0 fully saturated rings. The molecule has 2 rings (SSSR count). The molecule has 2 heteroatoms. The summed E-state index contributed by atoms with van der Waals surface area (Å²) in [4.78, 5) is 11.2. The third-order valence-electron chi connectivity index (χ3n) is 3.83. The zero-order valence-electron chi connectivity index (χ0n) is 11.7. The topological polar surface area (TPSA) is 37.3 Å². The van der Waals surface area contributed by atoms with Crippen LogP contribution in [-0.2, 0) is 11.2 Å². The molecule has 2 aromatic carbocycles. The monoisotopic (exact) mass is 256 g/mol. The second-order valence-electron chi connectivity index (χ2n) is 5.78. The van der Waals surface area contributed by atoms with Crippen molar-refractivity contribution in [3.05, 3.63) is 47.5 Å². The molecule has 0 aliphatic rings. The van der Waals surface area contributed by atoms with Gasteiger partial charge in [0.15, 0.2) is 0 Å². The minimum Gasteiger partial charge on any atom is -0.481 e. The Bertz CT molecular complexity index is 612. The number of carbonyl (C=O) groups is 1. The van der Waals surface area contributed by atoms with Crippen LogP contribution in [0.4, 0.5) is 0 Å². The van der Waals surface area contributed by atoms with Crippen LogP contribution >= 0.6 is 0 Å². The molecule has 0 radical (unpaired) electrons. The van der Waals surface area contributed by atoms with Crippen LogP contribution in [0.1, 0.15) is 31.4 Å². The molecule has 0 amide bonds. The van der Waals surface area contributed by atoms with Gasteiger partial charge in [-0.1, -0.05) is 36.4 Å². The molecule has 0 heterocycles. The second-order valence-corrected chi connectivity index (χ2v) is 5.78. The molecule has 0 saturated carbocycles. The van der Waals surface area contributed by atoms with Gasteiger partial charge in [0, 0.05) is 0 Å². The Labute approximate surface area is 114 Å². The molecule has 0 atom stereocenters. The maximum Gasteiger partial charge on any atom is 0.309 e. The van der Waals surface area contributed by atoms with Crippen molar-refractivity contribution < 1.29 is 9.90 Å². The smallest absolute Gasteiger partial charge is 0.309 e. The quantitative estimate of drug-likeness (QED) is 0.890. The van der Waals surface area contributed by atoms with Crippen LogP contribution in [0.5, 0.6) is 0 Å². The molecule has 0 unspecified atom stereocenters. The normalized spacial score (nSPS) is 11.7. The van der Waals surface area contributed by atoms with E-state index in [0.717, 1.165) is 6.42 Å². The number of fused-ring (bicyclic) bond motifs is 1. The van der Waals surface area contributed by atoms with Gasteiger partial charge in [-0.25, -0.2) is 0 Å². The van der Waals surface area contributed by atoms with Gasteiger partial charge in [0.05, 0.1) is 5.41 Å². The fourth-order valence-corrected chi connectivity index (χ4v) is 2.28. The molecule has 0 bridgehead atoms. The van der Waals surface area contributed by atoms with E-state index in [0.29, 0.717) is 6.42 Å². The van der Waals surface area contributed by atoms with Crippen molar-refractivity contribution in [3.8, 4) is 0 Å². The van der Waals surface area contributed by atoms with Crippen molar-refractivity contribution in [2.24, 2.45) is 5.41 Å². The largest absolute Gasteiger partial charge is 0.481 e. The van der Waals surface area contributed by atoms with Crippen LogP contribution in [0.25, 0.3) is 10.8 Å². The predicted octanol–water partition coefficient (Wildman–Crippen LogP) is 4.19. The Morgan fingerprint density at radius 2 is 1.74 bits per heavy atom. The van der Waals surface area contributed by atoms with Gasteiger partial charge in [-0.15, -0.1) is 0 Å². The van der Waals surface area contributed by atoms with E-state index in [1.165, 1.54) is 21.9 Å². The Morgan fingerprint density at radius 3 is 2.37 bits per heavy atom. The van der Waals surface area contributed by atoms with Crippen LogP contribution in [0.15, 0.2) is 36.4 Å². The summed E-state index contributed by atoms with van der Waals surface area (Å²) < 4.78 is 0. The van der Waals surface area contributed by atoms with Gasteiger partial charge in [0.25, 0.3) is 0 Å². The number of hydrogen-bond donors (Lipinski definition) is 1. The summed E-state index contributed by atoms with van der Waals surface area (Å²) >= 11 is 0. The highest BCUT2D eigenvalue weighted by atomic mass is 16.4. The fourth-order valence-electron chi connectivity index (χ4n) is 2.28. The van der Waals surface area contributed by atoms with Crippen LogP contribution < -0.4 is 0 Å². The summed E-state index contributed by atoms with van der Waals surface area (Å²) in [6.07, 6.45) is 1.44. The number of hydrogen-bond acceptors (Lipinski definition) is 1. The van der Waals surface area contributed by atoms with Crippen molar-refractivity contribution >= 4 is 16.7 Å². The van der Waals surface area contributed by atoms with Crippen LogP contribution in [0.2, 0.25) is 0 Å². The summed E-state index contributed by atoms with van der Waals surface area (Å²) in [6.45, 7) is 5.67. The van der Waals surface area contributed by atoms with E-state index in [4.69, 9.17) is 0 Å². The Kier molecular flexibility index (Phi) is 3.61. The van der Waals surface area contributed by atoms with Crippen LogP contribution in [0, 0.1) is 12.3 Å². The van der Waals surface area contributed by atoms with Gasteiger partial charge in [0.2, 0.25) is 0 Å². The average molecular weight is 256 g/mol. The molecule has 0 saturated heterocycles. The summed E-state index contributed by atoms with van der Waals surface area (Å²) in [6, 6.07) is 12.6. The first kappa shape index (κ1) is 13.6. The summed E-state index contributed by atoms with van der Waals surface area (Å²) in [7, 11) is 0. The molecular weight excluding hydrogens is 236 g/mol. The molecule has 0 aliphatic heterocycles. The SMILES string of the molecule is Cc1ccc(CCC(C)(C)C(=O)O)c2ccccc12.